The van der Waals surface area contributed by atoms with E-state index in [0.29, 0.717) is 30.8 Å². The molecule has 1 aromatic heterocycles. The number of amides is 1. The van der Waals surface area contributed by atoms with Crippen molar-refractivity contribution in [2.24, 2.45) is 5.92 Å². The van der Waals surface area contributed by atoms with Crippen molar-refractivity contribution < 1.29 is 28.9 Å². The number of nitrogens with zero attached hydrogens (tertiary/aromatic N) is 3. The van der Waals surface area contributed by atoms with Gasteiger partial charge >= 0.3 is 12.1 Å². The van der Waals surface area contributed by atoms with Gasteiger partial charge in [0.2, 0.25) is 0 Å². The van der Waals surface area contributed by atoms with Gasteiger partial charge in [0.25, 0.3) is 0 Å². The lowest BCUT2D eigenvalue weighted by Crippen LogP contribution is -2.42. The second-order valence-electron chi connectivity index (χ2n) is 10.3. The lowest BCUT2D eigenvalue weighted by molar-refractivity contribution is -0.143. The summed E-state index contributed by atoms with van der Waals surface area (Å²) in [6.45, 7) is 2.03. The molecule has 0 saturated heterocycles. The van der Waals surface area contributed by atoms with Crippen LogP contribution >= 0.6 is 0 Å². The normalized spacial score (nSPS) is 21.2. The number of carboxylic acid groups (broad SMARTS) is 1. The zero-order valence-electron chi connectivity index (χ0n) is 22.4. The van der Waals surface area contributed by atoms with Gasteiger partial charge in [0.1, 0.15) is 5.82 Å². The minimum absolute atomic E-state index is 0.0235. The van der Waals surface area contributed by atoms with Gasteiger partial charge in [-0.25, -0.2) is 9.78 Å². The van der Waals surface area contributed by atoms with Crippen molar-refractivity contribution in [3.63, 3.8) is 0 Å². The Morgan fingerprint density at radius 1 is 1.05 bits per heavy atom. The summed E-state index contributed by atoms with van der Waals surface area (Å²) in [5, 5.41) is 9.77. The Balaban J connectivity index is 1.65. The SMILES string of the molecule is COC(=O)N1c2ccc3c(nc(Cc4ccc(OC)c(OC)c4)n3[C@@H]3CCC[C@@H](C(=O)O)C3)c2CC[C@@H]1C. The predicted molar refractivity (Wildman–Crippen MR) is 143 cm³/mol. The molecule has 1 N–H and O–H groups in total. The molecule has 5 rings (SSSR count). The number of aryl methyl sites for hydroxylation is 1. The van der Waals surface area contributed by atoms with Crippen LogP contribution in [0.1, 0.15) is 62.0 Å². The number of carbonyl (C=O) groups excluding carboxylic acids is 1. The van der Waals surface area contributed by atoms with Crippen molar-refractivity contribution in [3.8, 4) is 11.5 Å². The lowest BCUT2D eigenvalue weighted by Gasteiger charge is -2.34. The van der Waals surface area contributed by atoms with E-state index in [-0.39, 0.29) is 24.1 Å². The van der Waals surface area contributed by atoms with Gasteiger partial charge < -0.3 is 23.9 Å². The van der Waals surface area contributed by atoms with Crippen LogP contribution in [0.25, 0.3) is 11.0 Å². The van der Waals surface area contributed by atoms with E-state index in [4.69, 9.17) is 19.2 Å². The highest BCUT2D eigenvalue weighted by Crippen LogP contribution is 2.41. The van der Waals surface area contributed by atoms with E-state index in [9.17, 15) is 14.7 Å². The average Bonchev–Trinajstić information content (AvgIpc) is 3.30. The van der Waals surface area contributed by atoms with E-state index in [0.717, 1.165) is 59.4 Å². The molecule has 9 heteroatoms. The number of rotatable bonds is 6. The van der Waals surface area contributed by atoms with Crippen LogP contribution in [0.2, 0.25) is 0 Å². The molecule has 0 radical (unpaired) electrons. The highest BCUT2D eigenvalue weighted by molar-refractivity contribution is 5.95. The van der Waals surface area contributed by atoms with E-state index in [2.05, 4.69) is 4.57 Å². The van der Waals surface area contributed by atoms with Gasteiger partial charge in [-0.05, 0) is 68.9 Å². The van der Waals surface area contributed by atoms with Gasteiger partial charge in [-0.1, -0.05) is 12.5 Å². The molecule has 9 nitrogen and oxygen atoms in total. The molecule has 0 unspecified atom stereocenters. The zero-order valence-corrected chi connectivity index (χ0v) is 22.4. The summed E-state index contributed by atoms with van der Waals surface area (Å²) in [5.41, 5.74) is 4.73. The number of benzene rings is 2. The quantitative estimate of drug-likeness (QED) is 0.465. The number of carboxylic acids is 1. The molecule has 1 saturated carbocycles. The van der Waals surface area contributed by atoms with Crippen LogP contribution in [0, 0.1) is 5.92 Å². The second kappa shape index (κ2) is 10.6. The summed E-state index contributed by atoms with van der Waals surface area (Å²) >= 11 is 0. The number of carbonyl (C=O) groups is 2. The number of aliphatic carboxylic acids is 1. The largest absolute Gasteiger partial charge is 0.493 e. The minimum Gasteiger partial charge on any atom is -0.493 e. The summed E-state index contributed by atoms with van der Waals surface area (Å²) in [4.78, 5) is 31.4. The van der Waals surface area contributed by atoms with Crippen molar-refractivity contribution in [1.29, 1.82) is 0 Å². The van der Waals surface area contributed by atoms with Crippen LogP contribution in [-0.4, -0.2) is 54.1 Å². The Hall–Kier alpha value is -3.75. The van der Waals surface area contributed by atoms with Crippen LogP contribution in [-0.2, 0) is 22.4 Å². The molecule has 1 fully saturated rings. The molecule has 1 aliphatic carbocycles. The molecule has 3 aromatic rings. The average molecular weight is 522 g/mol. The number of imidazole rings is 1. The van der Waals surface area contributed by atoms with Crippen molar-refractivity contribution in [2.75, 3.05) is 26.2 Å². The monoisotopic (exact) mass is 521 g/mol. The van der Waals surface area contributed by atoms with Crippen molar-refractivity contribution in [1.82, 2.24) is 9.55 Å². The molecular formula is C29H35N3O6. The lowest BCUT2D eigenvalue weighted by atomic mass is 9.85. The number of aromatic nitrogens is 2. The smallest absolute Gasteiger partial charge is 0.414 e. The highest BCUT2D eigenvalue weighted by atomic mass is 16.5. The standard InChI is InChI=1S/C29H35N3O6/c1-17-8-10-21-22(31(17)29(35)38-4)11-12-23-27(21)30-26(15-18-9-13-24(36-2)25(14-18)37-3)32(23)20-7-5-6-19(16-20)28(33)34/h9,11-14,17,19-20H,5-8,10,15-16H2,1-4H3,(H,33,34)/t17-,19+,20+/m0/s1. The van der Waals surface area contributed by atoms with Crippen molar-refractivity contribution in [3.05, 3.63) is 47.3 Å². The van der Waals surface area contributed by atoms with Gasteiger partial charge in [-0.3, -0.25) is 9.69 Å². The Kier molecular flexibility index (Phi) is 7.19. The van der Waals surface area contributed by atoms with Crippen LogP contribution in [0.5, 0.6) is 11.5 Å². The molecule has 2 heterocycles. The third-order valence-electron chi connectivity index (χ3n) is 8.07. The second-order valence-corrected chi connectivity index (χ2v) is 10.3. The minimum atomic E-state index is -0.736. The van der Waals surface area contributed by atoms with Gasteiger partial charge in [0.05, 0.1) is 44.0 Å². The molecule has 1 aliphatic heterocycles. The van der Waals surface area contributed by atoms with E-state index in [1.54, 1.807) is 19.1 Å². The Bertz CT molecular complexity index is 1370. The number of hydrogen-bond acceptors (Lipinski definition) is 6. The van der Waals surface area contributed by atoms with Crippen LogP contribution in [0.15, 0.2) is 30.3 Å². The maximum atomic E-state index is 12.6. The predicted octanol–water partition coefficient (Wildman–Crippen LogP) is 5.37. The van der Waals surface area contributed by atoms with Gasteiger partial charge in [0.15, 0.2) is 11.5 Å². The topological polar surface area (TPSA) is 103 Å². The van der Waals surface area contributed by atoms with E-state index in [1.807, 2.05) is 37.3 Å². The fourth-order valence-corrected chi connectivity index (χ4v) is 6.15. The Morgan fingerprint density at radius 2 is 1.84 bits per heavy atom. The Labute approximate surface area is 222 Å². The van der Waals surface area contributed by atoms with Crippen LogP contribution < -0.4 is 14.4 Å². The molecule has 0 bridgehead atoms. The third kappa shape index (κ3) is 4.54. The van der Waals surface area contributed by atoms with Gasteiger partial charge in [-0.2, -0.15) is 0 Å². The first-order chi connectivity index (χ1) is 18.4. The van der Waals surface area contributed by atoms with Crippen LogP contribution in [0.4, 0.5) is 10.5 Å². The third-order valence-corrected chi connectivity index (χ3v) is 8.07. The number of methoxy groups -OCH3 is 3. The molecular weight excluding hydrogens is 486 g/mol. The van der Waals surface area contributed by atoms with Gasteiger partial charge in [0, 0.05) is 24.1 Å². The number of ether oxygens (including phenoxy) is 3. The summed E-state index contributed by atoms with van der Waals surface area (Å²) in [6, 6.07) is 9.91. The fourth-order valence-electron chi connectivity index (χ4n) is 6.15. The molecule has 3 atom stereocenters. The maximum Gasteiger partial charge on any atom is 0.414 e. The molecule has 202 valence electrons. The van der Waals surface area contributed by atoms with E-state index < -0.39 is 5.97 Å². The first-order valence-corrected chi connectivity index (χ1v) is 13.2. The number of anilines is 1. The molecule has 0 spiro atoms. The summed E-state index contributed by atoms with van der Waals surface area (Å²) < 4.78 is 18.3. The fraction of sp³-hybridized carbons (Fsp3) is 0.483. The first-order valence-electron chi connectivity index (χ1n) is 13.2. The number of hydrogen-bond donors (Lipinski definition) is 1. The van der Waals surface area contributed by atoms with Gasteiger partial charge in [-0.15, -0.1) is 0 Å². The summed E-state index contributed by atoms with van der Waals surface area (Å²) in [7, 11) is 4.63. The first kappa shape index (κ1) is 25.9. The van der Waals surface area contributed by atoms with E-state index in [1.165, 1.54) is 7.11 Å². The van der Waals surface area contributed by atoms with Crippen LogP contribution in [0.3, 0.4) is 0 Å². The molecule has 38 heavy (non-hydrogen) atoms. The van der Waals surface area contributed by atoms with Crippen molar-refractivity contribution >= 4 is 28.8 Å². The molecule has 2 aromatic carbocycles. The van der Waals surface area contributed by atoms with E-state index >= 15 is 0 Å². The number of fused-ring (bicyclic) bond motifs is 3. The summed E-state index contributed by atoms with van der Waals surface area (Å²) in [5.74, 6) is 1.08. The highest BCUT2D eigenvalue weighted by Gasteiger charge is 2.34. The Morgan fingerprint density at radius 3 is 2.55 bits per heavy atom. The molecule has 1 amide bonds. The zero-order chi connectivity index (χ0) is 27.0. The maximum absolute atomic E-state index is 12.6. The summed E-state index contributed by atoms with van der Waals surface area (Å²) in [6.07, 6.45) is 4.81. The van der Waals surface area contributed by atoms with Crippen molar-refractivity contribution in [2.45, 2.75) is 64.0 Å². The molecule has 2 aliphatic rings.